The first-order chi connectivity index (χ1) is 14.6. The number of ether oxygens (including phenoxy) is 4. The van der Waals surface area contributed by atoms with Crippen LogP contribution in [0.3, 0.4) is 0 Å². The zero-order valence-corrected chi connectivity index (χ0v) is 16.1. The van der Waals surface area contributed by atoms with Crippen molar-refractivity contribution in [2.45, 2.75) is 0 Å². The van der Waals surface area contributed by atoms with E-state index in [1.54, 1.807) is 36.4 Å². The number of hydrogen-bond donors (Lipinski definition) is 2. The lowest BCUT2D eigenvalue weighted by atomic mass is 10.2. The van der Waals surface area contributed by atoms with Crippen molar-refractivity contribution in [3.8, 4) is 35.3 Å². The topological polar surface area (TPSA) is 107 Å². The summed E-state index contributed by atoms with van der Waals surface area (Å²) >= 11 is 0. The molecule has 0 spiro atoms. The lowest BCUT2D eigenvalue weighted by Crippen LogP contribution is -2.34. The van der Waals surface area contributed by atoms with Gasteiger partial charge in [0.15, 0.2) is 23.0 Å². The summed E-state index contributed by atoms with van der Waals surface area (Å²) in [6.45, 7) is -0.00200. The SMILES string of the molecule is C#CCOc1ccc(/C=N/NC(=O)CNC(=O)c2ccc3c(c2)OCO3)cc1OC. The number of methoxy groups -OCH3 is 1. The van der Waals surface area contributed by atoms with E-state index in [2.05, 4.69) is 21.8 Å². The van der Waals surface area contributed by atoms with E-state index in [1.165, 1.54) is 13.3 Å². The number of fused-ring (bicyclic) bond motifs is 1. The molecule has 0 saturated carbocycles. The van der Waals surface area contributed by atoms with E-state index in [9.17, 15) is 9.59 Å². The molecule has 30 heavy (non-hydrogen) atoms. The third-order valence-electron chi connectivity index (χ3n) is 3.95. The van der Waals surface area contributed by atoms with Crippen molar-refractivity contribution in [1.82, 2.24) is 10.7 Å². The number of nitrogens with zero attached hydrogens (tertiary/aromatic N) is 1. The Morgan fingerprint density at radius 2 is 2.03 bits per heavy atom. The molecule has 0 fully saturated rings. The number of carbonyl (C=O) groups is 2. The summed E-state index contributed by atoms with van der Waals surface area (Å²) in [5, 5.41) is 6.38. The zero-order chi connectivity index (χ0) is 21.3. The van der Waals surface area contributed by atoms with Crippen LogP contribution in [0.25, 0.3) is 0 Å². The average Bonchev–Trinajstić information content (AvgIpc) is 3.24. The first-order valence-electron chi connectivity index (χ1n) is 8.84. The number of amides is 2. The Labute approximate surface area is 173 Å². The highest BCUT2D eigenvalue weighted by Crippen LogP contribution is 2.32. The lowest BCUT2D eigenvalue weighted by Gasteiger charge is -2.09. The van der Waals surface area contributed by atoms with Crippen molar-refractivity contribution < 1.29 is 28.5 Å². The molecule has 0 aliphatic carbocycles. The van der Waals surface area contributed by atoms with E-state index < -0.39 is 11.8 Å². The number of carbonyl (C=O) groups excluding carboxylic acids is 2. The number of nitrogens with one attached hydrogen (secondary N) is 2. The minimum Gasteiger partial charge on any atom is -0.493 e. The maximum atomic E-state index is 12.2. The summed E-state index contributed by atoms with van der Waals surface area (Å²) in [6.07, 6.45) is 6.61. The fraction of sp³-hybridized carbons (Fsp3) is 0.190. The van der Waals surface area contributed by atoms with Crippen LogP contribution in [0.4, 0.5) is 0 Å². The van der Waals surface area contributed by atoms with Crippen molar-refractivity contribution in [3.63, 3.8) is 0 Å². The highest BCUT2D eigenvalue weighted by atomic mass is 16.7. The van der Waals surface area contributed by atoms with Gasteiger partial charge in [0, 0.05) is 5.56 Å². The molecular formula is C21H19N3O6. The molecule has 0 saturated heterocycles. The fourth-order valence-corrected chi connectivity index (χ4v) is 2.52. The predicted molar refractivity (Wildman–Crippen MR) is 108 cm³/mol. The summed E-state index contributed by atoms with van der Waals surface area (Å²) in [5.41, 5.74) is 3.37. The molecule has 1 aliphatic heterocycles. The molecule has 0 radical (unpaired) electrons. The van der Waals surface area contributed by atoms with Crippen LogP contribution in [0.2, 0.25) is 0 Å². The maximum absolute atomic E-state index is 12.2. The highest BCUT2D eigenvalue weighted by molar-refractivity contribution is 5.97. The smallest absolute Gasteiger partial charge is 0.259 e. The predicted octanol–water partition coefficient (Wildman–Crippen LogP) is 1.32. The first kappa shape index (κ1) is 20.5. The van der Waals surface area contributed by atoms with Crippen LogP contribution in [0, 0.1) is 12.3 Å². The quantitative estimate of drug-likeness (QED) is 0.387. The molecule has 2 N–H and O–H groups in total. The fourth-order valence-electron chi connectivity index (χ4n) is 2.52. The molecule has 154 valence electrons. The molecule has 2 amide bonds. The summed E-state index contributed by atoms with van der Waals surface area (Å²) in [7, 11) is 1.50. The summed E-state index contributed by atoms with van der Waals surface area (Å²) in [4.78, 5) is 24.1. The molecule has 0 atom stereocenters. The van der Waals surface area contributed by atoms with Gasteiger partial charge >= 0.3 is 0 Å². The summed E-state index contributed by atoms with van der Waals surface area (Å²) in [6, 6.07) is 9.87. The molecule has 1 heterocycles. The zero-order valence-electron chi connectivity index (χ0n) is 16.1. The minimum absolute atomic E-state index is 0.118. The van der Waals surface area contributed by atoms with Gasteiger partial charge in [-0.05, 0) is 42.0 Å². The van der Waals surface area contributed by atoms with Gasteiger partial charge in [-0.25, -0.2) is 5.43 Å². The normalized spacial score (nSPS) is 11.6. The average molecular weight is 409 g/mol. The van der Waals surface area contributed by atoms with Gasteiger partial charge in [-0.15, -0.1) is 6.42 Å². The van der Waals surface area contributed by atoms with Gasteiger partial charge < -0.3 is 24.3 Å². The van der Waals surface area contributed by atoms with Gasteiger partial charge in [0.2, 0.25) is 6.79 Å². The molecule has 9 nitrogen and oxygen atoms in total. The molecular weight excluding hydrogens is 390 g/mol. The van der Waals surface area contributed by atoms with Crippen LogP contribution < -0.4 is 29.7 Å². The van der Waals surface area contributed by atoms with E-state index in [1.807, 2.05) is 0 Å². The standard InChI is InChI=1S/C21H19N3O6/c1-3-8-28-16-6-4-14(9-18(16)27-2)11-23-24-20(25)12-22-21(26)15-5-7-17-19(10-15)30-13-29-17/h1,4-7,9-11H,8,12-13H2,2H3,(H,22,26)(H,24,25)/b23-11+. The monoisotopic (exact) mass is 409 g/mol. The number of benzene rings is 2. The lowest BCUT2D eigenvalue weighted by molar-refractivity contribution is -0.120. The van der Waals surface area contributed by atoms with E-state index >= 15 is 0 Å². The second-order valence-electron chi connectivity index (χ2n) is 5.95. The highest BCUT2D eigenvalue weighted by Gasteiger charge is 2.16. The number of hydrazone groups is 1. The molecule has 2 aromatic rings. The van der Waals surface area contributed by atoms with Crippen LogP contribution in [0.5, 0.6) is 23.0 Å². The molecule has 9 heteroatoms. The van der Waals surface area contributed by atoms with Gasteiger partial charge in [-0.2, -0.15) is 5.10 Å². The maximum Gasteiger partial charge on any atom is 0.259 e. The molecule has 2 aromatic carbocycles. The van der Waals surface area contributed by atoms with Crippen molar-refractivity contribution in [1.29, 1.82) is 0 Å². The van der Waals surface area contributed by atoms with Crippen LogP contribution in [-0.4, -0.2) is 45.1 Å². The third-order valence-corrected chi connectivity index (χ3v) is 3.95. The van der Waals surface area contributed by atoms with Crippen molar-refractivity contribution in [2.24, 2.45) is 5.10 Å². The second-order valence-corrected chi connectivity index (χ2v) is 5.95. The van der Waals surface area contributed by atoms with Crippen molar-refractivity contribution >= 4 is 18.0 Å². The van der Waals surface area contributed by atoms with Gasteiger partial charge in [0.25, 0.3) is 11.8 Å². The largest absolute Gasteiger partial charge is 0.493 e. The second kappa shape index (κ2) is 9.84. The Balaban J connectivity index is 1.49. The molecule has 3 rings (SSSR count). The number of rotatable bonds is 8. The van der Waals surface area contributed by atoms with Crippen LogP contribution in [0.1, 0.15) is 15.9 Å². The van der Waals surface area contributed by atoms with Gasteiger partial charge in [0.05, 0.1) is 19.9 Å². The van der Waals surface area contributed by atoms with E-state index in [0.717, 1.165) is 0 Å². The van der Waals surface area contributed by atoms with Crippen molar-refractivity contribution in [3.05, 3.63) is 47.5 Å². The van der Waals surface area contributed by atoms with Crippen LogP contribution in [-0.2, 0) is 4.79 Å². The summed E-state index contributed by atoms with van der Waals surface area (Å²) in [5.74, 6) is 3.52. The molecule has 0 unspecified atom stereocenters. The Morgan fingerprint density at radius 1 is 1.20 bits per heavy atom. The summed E-state index contributed by atoms with van der Waals surface area (Å²) < 4.78 is 21.0. The van der Waals surface area contributed by atoms with Crippen LogP contribution >= 0.6 is 0 Å². The van der Waals surface area contributed by atoms with Crippen LogP contribution in [0.15, 0.2) is 41.5 Å². The Kier molecular flexibility index (Phi) is 6.74. The molecule has 0 bridgehead atoms. The molecule has 0 aromatic heterocycles. The third kappa shape index (κ3) is 5.20. The Morgan fingerprint density at radius 3 is 2.83 bits per heavy atom. The number of terminal acetylenes is 1. The van der Waals surface area contributed by atoms with Crippen molar-refractivity contribution in [2.75, 3.05) is 27.1 Å². The minimum atomic E-state index is -0.485. The van der Waals surface area contributed by atoms with Gasteiger partial charge in [-0.3, -0.25) is 9.59 Å². The van der Waals surface area contributed by atoms with Gasteiger partial charge in [-0.1, -0.05) is 5.92 Å². The van der Waals surface area contributed by atoms with E-state index in [0.29, 0.717) is 34.1 Å². The first-order valence-corrected chi connectivity index (χ1v) is 8.84. The molecule has 1 aliphatic rings. The van der Waals surface area contributed by atoms with E-state index in [4.69, 9.17) is 25.4 Å². The number of hydrogen-bond acceptors (Lipinski definition) is 7. The van der Waals surface area contributed by atoms with E-state index in [-0.39, 0.29) is 19.9 Å². The Bertz CT molecular complexity index is 1010. The Hall–Kier alpha value is -4.19. The van der Waals surface area contributed by atoms with Gasteiger partial charge in [0.1, 0.15) is 6.61 Å².